The summed E-state index contributed by atoms with van der Waals surface area (Å²) >= 11 is 0. The average molecular weight is 173 g/mol. The molecule has 0 aliphatic carbocycles. The monoisotopic (exact) mass is 173 g/mol. The zero-order valence-electron chi connectivity index (χ0n) is 7.29. The summed E-state index contributed by atoms with van der Waals surface area (Å²) in [5, 5.41) is 18.5. The van der Waals surface area contributed by atoms with Crippen molar-refractivity contribution >= 4 is 5.97 Å². The molecule has 1 heterocycles. The minimum Gasteiger partial charge on any atom is -0.478 e. The van der Waals surface area contributed by atoms with Gasteiger partial charge < -0.3 is 10.2 Å². The maximum atomic E-state index is 10.7. The van der Waals surface area contributed by atoms with Crippen LogP contribution in [0.15, 0.2) is 0 Å². The van der Waals surface area contributed by atoms with Gasteiger partial charge in [0.15, 0.2) is 0 Å². The highest BCUT2D eigenvalue weighted by Crippen LogP contribution is 2.26. The smallest absolute Gasteiger partial charge is 0.351 e. The molecule has 4 nitrogen and oxygen atoms in total. The predicted molar refractivity (Wildman–Crippen MR) is 43.7 cm³/mol. The van der Waals surface area contributed by atoms with E-state index in [9.17, 15) is 9.90 Å². The van der Waals surface area contributed by atoms with Crippen LogP contribution in [0.3, 0.4) is 0 Å². The number of carbonyl (C=O) groups is 1. The molecule has 0 aromatic heterocycles. The second-order valence-electron chi connectivity index (χ2n) is 3.21. The Balaban J connectivity index is 2.67. The number of carboxylic acid groups (broad SMARTS) is 1. The van der Waals surface area contributed by atoms with Crippen LogP contribution >= 0.6 is 0 Å². The van der Waals surface area contributed by atoms with Crippen molar-refractivity contribution in [1.29, 1.82) is 0 Å². The number of hydrogen-bond donors (Lipinski definition) is 2. The number of nitrogens with zero attached hydrogens (tertiary/aromatic N) is 1. The first-order valence-electron chi connectivity index (χ1n) is 4.32. The first-order valence-corrected chi connectivity index (χ1v) is 4.32. The number of hydrogen-bond acceptors (Lipinski definition) is 3. The van der Waals surface area contributed by atoms with Gasteiger partial charge in [0.2, 0.25) is 5.72 Å². The molecule has 1 unspecified atom stereocenters. The van der Waals surface area contributed by atoms with Crippen LogP contribution in [0.1, 0.15) is 26.2 Å². The van der Waals surface area contributed by atoms with Crippen LogP contribution in [0.2, 0.25) is 0 Å². The van der Waals surface area contributed by atoms with Crippen LogP contribution in [-0.2, 0) is 4.79 Å². The Morgan fingerprint density at radius 3 is 2.83 bits per heavy atom. The van der Waals surface area contributed by atoms with E-state index in [1.807, 2.05) is 6.92 Å². The van der Waals surface area contributed by atoms with E-state index in [-0.39, 0.29) is 0 Å². The Hall–Kier alpha value is -0.610. The fourth-order valence-electron chi connectivity index (χ4n) is 1.67. The summed E-state index contributed by atoms with van der Waals surface area (Å²) in [6, 6.07) is 0. The lowest BCUT2D eigenvalue weighted by Crippen LogP contribution is -2.50. The average Bonchev–Trinajstić information content (AvgIpc) is 2.35. The van der Waals surface area contributed by atoms with Gasteiger partial charge >= 0.3 is 5.97 Å². The molecule has 0 spiro atoms. The first-order chi connectivity index (χ1) is 5.61. The number of likely N-dealkylation sites (tertiary alicyclic amines) is 1. The lowest BCUT2D eigenvalue weighted by molar-refractivity contribution is -0.176. The second-order valence-corrected chi connectivity index (χ2v) is 3.21. The van der Waals surface area contributed by atoms with Crippen molar-refractivity contribution < 1.29 is 15.0 Å². The highest BCUT2D eigenvalue weighted by atomic mass is 16.4. The van der Waals surface area contributed by atoms with E-state index in [0.29, 0.717) is 19.5 Å². The van der Waals surface area contributed by atoms with Gasteiger partial charge in [-0.25, -0.2) is 4.79 Å². The summed E-state index contributed by atoms with van der Waals surface area (Å²) in [4.78, 5) is 12.4. The summed E-state index contributed by atoms with van der Waals surface area (Å²) in [6.45, 7) is 3.32. The number of aliphatic carboxylic acids is 1. The zero-order valence-corrected chi connectivity index (χ0v) is 7.29. The quantitative estimate of drug-likeness (QED) is 0.643. The molecule has 1 aliphatic rings. The maximum absolute atomic E-state index is 10.7. The Kier molecular flexibility index (Phi) is 2.69. The first kappa shape index (κ1) is 9.48. The molecule has 1 saturated heterocycles. The van der Waals surface area contributed by atoms with Crippen molar-refractivity contribution in [2.45, 2.75) is 31.9 Å². The summed E-state index contributed by atoms with van der Waals surface area (Å²) in [5.41, 5.74) is -1.59. The molecule has 0 aromatic rings. The minimum atomic E-state index is -1.59. The van der Waals surface area contributed by atoms with Crippen molar-refractivity contribution in [3.8, 4) is 0 Å². The highest BCUT2D eigenvalue weighted by Gasteiger charge is 2.45. The molecule has 0 bridgehead atoms. The van der Waals surface area contributed by atoms with Crippen LogP contribution in [0.4, 0.5) is 0 Å². The molecule has 0 amide bonds. The third-order valence-electron chi connectivity index (χ3n) is 2.31. The van der Waals surface area contributed by atoms with E-state index in [0.717, 1.165) is 12.8 Å². The largest absolute Gasteiger partial charge is 0.478 e. The SMILES string of the molecule is CCCN1CCCC1(O)C(=O)O. The number of carboxylic acids is 1. The van der Waals surface area contributed by atoms with Crippen LogP contribution < -0.4 is 0 Å². The van der Waals surface area contributed by atoms with Gasteiger partial charge in [0, 0.05) is 19.5 Å². The molecule has 1 atom stereocenters. The third-order valence-corrected chi connectivity index (χ3v) is 2.31. The molecular formula is C8H15NO3. The molecule has 1 aliphatic heterocycles. The second kappa shape index (κ2) is 3.41. The van der Waals surface area contributed by atoms with Gasteiger partial charge in [-0.05, 0) is 12.8 Å². The fraction of sp³-hybridized carbons (Fsp3) is 0.875. The van der Waals surface area contributed by atoms with Gasteiger partial charge in [-0.15, -0.1) is 0 Å². The van der Waals surface area contributed by atoms with Crippen LogP contribution in [-0.4, -0.2) is 39.9 Å². The van der Waals surface area contributed by atoms with Crippen LogP contribution in [0.5, 0.6) is 0 Å². The Morgan fingerprint density at radius 1 is 1.67 bits per heavy atom. The Labute approximate surface area is 71.8 Å². The third kappa shape index (κ3) is 1.44. The highest BCUT2D eigenvalue weighted by molar-refractivity contribution is 5.76. The summed E-state index contributed by atoms with van der Waals surface area (Å²) in [6.07, 6.45) is 1.99. The summed E-state index contributed by atoms with van der Waals surface area (Å²) in [5.74, 6) is -1.12. The fourth-order valence-corrected chi connectivity index (χ4v) is 1.67. The van der Waals surface area contributed by atoms with E-state index >= 15 is 0 Å². The van der Waals surface area contributed by atoms with Crippen molar-refractivity contribution in [1.82, 2.24) is 4.90 Å². The molecule has 2 N–H and O–H groups in total. The van der Waals surface area contributed by atoms with Crippen molar-refractivity contribution in [3.05, 3.63) is 0 Å². The Bertz CT molecular complexity index is 183. The molecular weight excluding hydrogens is 158 g/mol. The molecule has 0 aromatic carbocycles. The van der Waals surface area contributed by atoms with Crippen molar-refractivity contribution in [2.75, 3.05) is 13.1 Å². The normalized spacial score (nSPS) is 30.8. The molecule has 12 heavy (non-hydrogen) atoms. The standard InChI is InChI=1S/C8H15NO3/c1-2-5-9-6-3-4-8(9,12)7(10)11/h12H,2-6H2,1H3,(H,10,11). The zero-order chi connectivity index (χ0) is 9.19. The molecule has 70 valence electrons. The van der Waals surface area contributed by atoms with Gasteiger partial charge in [0.25, 0.3) is 0 Å². The van der Waals surface area contributed by atoms with Gasteiger partial charge in [0.05, 0.1) is 0 Å². The molecule has 1 fully saturated rings. The summed E-state index contributed by atoms with van der Waals surface area (Å²) < 4.78 is 0. The van der Waals surface area contributed by atoms with Crippen LogP contribution in [0.25, 0.3) is 0 Å². The summed E-state index contributed by atoms with van der Waals surface area (Å²) in [7, 11) is 0. The van der Waals surface area contributed by atoms with E-state index in [2.05, 4.69) is 0 Å². The van der Waals surface area contributed by atoms with E-state index in [1.54, 1.807) is 4.90 Å². The van der Waals surface area contributed by atoms with E-state index < -0.39 is 11.7 Å². The van der Waals surface area contributed by atoms with E-state index in [4.69, 9.17) is 5.11 Å². The van der Waals surface area contributed by atoms with Gasteiger partial charge in [-0.1, -0.05) is 6.92 Å². The molecule has 0 saturated carbocycles. The molecule has 1 rings (SSSR count). The molecule has 4 heteroatoms. The van der Waals surface area contributed by atoms with Gasteiger partial charge in [0.1, 0.15) is 0 Å². The molecule has 0 radical (unpaired) electrons. The lowest BCUT2D eigenvalue weighted by Gasteiger charge is -2.28. The minimum absolute atomic E-state index is 0.350. The van der Waals surface area contributed by atoms with Crippen LogP contribution in [0, 0.1) is 0 Å². The van der Waals surface area contributed by atoms with Gasteiger partial charge in [-0.3, -0.25) is 4.90 Å². The topological polar surface area (TPSA) is 60.8 Å². The van der Waals surface area contributed by atoms with Crippen molar-refractivity contribution in [2.24, 2.45) is 0 Å². The van der Waals surface area contributed by atoms with E-state index in [1.165, 1.54) is 0 Å². The number of aliphatic hydroxyl groups is 1. The van der Waals surface area contributed by atoms with Gasteiger partial charge in [-0.2, -0.15) is 0 Å². The Morgan fingerprint density at radius 2 is 2.33 bits per heavy atom. The number of rotatable bonds is 3. The van der Waals surface area contributed by atoms with Crippen molar-refractivity contribution in [3.63, 3.8) is 0 Å². The maximum Gasteiger partial charge on any atom is 0.351 e. The predicted octanol–water partition coefficient (Wildman–Crippen LogP) is 0.265. The lowest BCUT2D eigenvalue weighted by atomic mass is 10.1.